The first-order valence-corrected chi connectivity index (χ1v) is 12.0. The van der Waals surface area contributed by atoms with Gasteiger partial charge < -0.3 is 25.4 Å². The molecule has 0 saturated heterocycles. The van der Waals surface area contributed by atoms with Gasteiger partial charge in [-0.2, -0.15) is 0 Å². The number of primary amides is 1. The molecule has 0 radical (unpaired) electrons. The molecule has 8 heteroatoms. The number of halogens is 1. The van der Waals surface area contributed by atoms with Crippen LogP contribution in [0.2, 0.25) is 0 Å². The van der Waals surface area contributed by atoms with Crippen molar-refractivity contribution >= 4 is 12.1 Å². The van der Waals surface area contributed by atoms with Crippen molar-refractivity contribution in [2.24, 2.45) is 5.73 Å². The number of carboxylic acid groups (broad SMARTS) is 1. The highest BCUT2D eigenvalue weighted by Crippen LogP contribution is 2.13. The van der Waals surface area contributed by atoms with Crippen molar-refractivity contribution in [3.63, 3.8) is 0 Å². The van der Waals surface area contributed by atoms with Crippen LogP contribution in [0.15, 0.2) is 54.6 Å². The Labute approximate surface area is 214 Å². The second-order valence-corrected chi connectivity index (χ2v) is 9.43. The van der Waals surface area contributed by atoms with Crippen molar-refractivity contribution in [3.05, 3.63) is 71.5 Å². The van der Waals surface area contributed by atoms with Crippen molar-refractivity contribution in [3.8, 4) is 0 Å². The first-order valence-electron chi connectivity index (χ1n) is 12.0. The summed E-state index contributed by atoms with van der Waals surface area (Å²) in [4.78, 5) is 20.5. The van der Waals surface area contributed by atoms with E-state index in [-0.39, 0.29) is 18.3 Å². The van der Waals surface area contributed by atoms with Crippen LogP contribution in [-0.2, 0) is 20.7 Å². The number of hydrogen-bond acceptors (Lipinski definition) is 5. The number of carbonyl (C=O) groups excluding carboxylic acids is 1. The third-order valence-corrected chi connectivity index (χ3v) is 4.51. The number of aliphatic carboxylic acids is 1. The fourth-order valence-electron chi connectivity index (χ4n) is 2.93. The number of aliphatic hydroxyl groups is 1. The zero-order chi connectivity index (χ0) is 27.6. The molecule has 2 unspecified atom stereocenters. The third kappa shape index (κ3) is 21.6. The molecule has 2 atom stereocenters. The summed E-state index contributed by atoms with van der Waals surface area (Å²) in [6.45, 7) is 9.39. The molecule has 7 nitrogen and oxygen atoms in total. The maximum atomic E-state index is 12.1. The highest BCUT2D eigenvalue weighted by atomic mass is 19.1. The molecule has 0 heterocycles. The topological polar surface area (TPSA) is 119 Å². The minimum absolute atomic E-state index is 0.0241. The number of ether oxygens (including phenoxy) is 2. The molecule has 2 rings (SSSR count). The van der Waals surface area contributed by atoms with Gasteiger partial charge in [0.1, 0.15) is 11.4 Å². The minimum Gasteiger partial charge on any atom is -0.481 e. The van der Waals surface area contributed by atoms with E-state index in [0.29, 0.717) is 19.4 Å². The van der Waals surface area contributed by atoms with E-state index in [2.05, 4.69) is 16.9 Å². The Bertz CT molecular complexity index is 830. The van der Waals surface area contributed by atoms with Crippen LogP contribution in [0.25, 0.3) is 0 Å². The lowest BCUT2D eigenvalue weighted by Gasteiger charge is -2.19. The molecule has 0 saturated carbocycles. The fourth-order valence-corrected chi connectivity index (χ4v) is 2.93. The largest absolute Gasteiger partial charge is 0.481 e. The molecular weight excluding hydrogens is 465 g/mol. The lowest BCUT2D eigenvalue weighted by atomic mass is 10.0. The Balaban J connectivity index is 0.000000625. The summed E-state index contributed by atoms with van der Waals surface area (Å²) in [5.74, 6) is -0.972. The smallest absolute Gasteiger partial charge is 0.405 e. The molecule has 0 spiro atoms. The number of amides is 1. The molecular formula is C28H42FNO6. The van der Waals surface area contributed by atoms with E-state index >= 15 is 0 Å². The van der Waals surface area contributed by atoms with Crippen LogP contribution in [0.5, 0.6) is 0 Å². The molecule has 2 aromatic rings. The summed E-state index contributed by atoms with van der Waals surface area (Å²) >= 11 is 0. The summed E-state index contributed by atoms with van der Waals surface area (Å²) in [6, 6.07) is 16.5. The predicted octanol–water partition coefficient (Wildman–Crippen LogP) is 5.65. The molecule has 0 bridgehead atoms. The number of benzene rings is 2. The Hall–Kier alpha value is -2.97. The minimum atomic E-state index is -0.801. The molecule has 0 fully saturated rings. The van der Waals surface area contributed by atoms with Gasteiger partial charge in [-0.05, 0) is 78.0 Å². The van der Waals surface area contributed by atoms with Gasteiger partial charge in [-0.15, -0.1) is 0 Å². The molecule has 202 valence electrons. The number of aryl methyl sites for hydroxylation is 2. The standard InChI is InChI=1S/C16H24O4.C7H7F.C5H11NO2/c1-13(17)12-15(20-11-5-8-16(18)19)10-9-14-6-3-2-4-7-14;1-6-2-4-7(8)5-3-6;1-5(2,3)8-4(6)7/h2-4,6-7,13,15,17H,5,8-12H2,1H3,(H,18,19);2-5H,1H3;1-3H3,(H2,6,7). The first kappa shape index (κ1) is 33.0. The Kier molecular flexibility index (Phi) is 16.8. The average Bonchev–Trinajstić information content (AvgIpc) is 2.76. The van der Waals surface area contributed by atoms with Crippen LogP contribution in [0.1, 0.15) is 64.5 Å². The fraction of sp³-hybridized carbons (Fsp3) is 0.500. The molecule has 0 aliphatic rings. The summed E-state index contributed by atoms with van der Waals surface area (Å²) in [5, 5.41) is 18.1. The van der Waals surface area contributed by atoms with E-state index < -0.39 is 23.8 Å². The third-order valence-electron chi connectivity index (χ3n) is 4.51. The van der Waals surface area contributed by atoms with Crippen LogP contribution in [-0.4, -0.2) is 46.7 Å². The number of aliphatic hydroxyl groups excluding tert-OH is 1. The lowest BCUT2D eigenvalue weighted by Crippen LogP contribution is -2.27. The SMILES string of the molecule is CC(C)(C)OC(N)=O.CC(O)CC(CCc1ccccc1)OCCCC(=O)O.Cc1ccc(F)cc1. The maximum absolute atomic E-state index is 12.1. The number of rotatable bonds is 10. The summed E-state index contributed by atoms with van der Waals surface area (Å²) in [5.41, 5.74) is 6.60. The summed E-state index contributed by atoms with van der Waals surface area (Å²) < 4.78 is 22.4. The number of nitrogens with two attached hydrogens (primary N) is 1. The zero-order valence-electron chi connectivity index (χ0n) is 22.1. The molecule has 2 aromatic carbocycles. The van der Waals surface area contributed by atoms with Crippen molar-refractivity contribution in [2.45, 2.75) is 84.5 Å². The first-order chi connectivity index (χ1) is 16.8. The molecule has 4 N–H and O–H groups in total. The van der Waals surface area contributed by atoms with Crippen molar-refractivity contribution in [1.82, 2.24) is 0 Å². The van der Waals surface area contributed by atoms with Crippen LogP contribution in [0, 0.1) is 12.7 Å². The van der Waals surface area contributed by atoms with Crippen LogP contribution in [0.3, 0.4) is 0 Å². The van der Waals surface area contributed by atoms with Gasteiger partial charge in [0.25, 0.3) is 0 Å². The zero-order valence-corrected chi connectivity index (χ0v) is 22.1. The molecule has 36 heavy (non-hydrogen) atoms. The molecule has 0 aliphatic heterocycles. The second kappa shape index (κ2) is 18.3. The van der Waals surface area contributed by atoms with Gasteiger partial charge in [0.15, 0.2) is 0 Å². The highest BCUT2D eigenvalue weighted by molar-refractivity contribution is 5.66. The van der Waals surface area contributed by atoms with Gasteiger partial charge >= 0.3 is 12.1 Å². The van der Waals surface area contributed by atoms with Crippen LogP contribution >= 0.6 is 0 Å². The lowest BCUT2D eigenvalue weighted by molar-refractivity contribution is -0.137. The van der Waals surface area contributed by atoms with Gasteiger partial charge in [0.05, 0.1) is 12.2 Å². The van der Waals surface area contributed by atoms with Crippen molar-refractivity contribution in [1.29, 1.82) is 0 Å². The van der Waals surface area contributed by atoms with E-state index in [9.17, 15) is 19.1 Å². The monoisotopic (exact) mass is 507 g/mol. The van der Waals surface area contributed by atoms with Crippen LogP contribution < -0.4 is 5.73 Å². The summed E-state index contributed by atoms with van der Waals surface area (Å²) in [7, 11) is 0. The quantitative estimate of drug-likeness (QED) is 0.357. The molecule has 1 amide bonds. The van der Waals surface area contributed by atoms with Gasteiger partial charge in [-0.1, -0.05) is 48.0 Å². The Morgan fingerprint density at radius 3 is 2.06 bits per heavy atom. The van der Waals surface area contributed by atoms with Gasteiger partial charge in [0, 0.05) is 13.0 Å². The van der Waals surface area contributed by atoms with E-state index in [4.69, 9.17) is 15.6 Å². The molecule has 0 aromatic heterocycles. The van der Waals surface area contributed by atoms with Crippen LogP contribution in [0.4, 0.5) is 9.18 Å². The van der Waals surface area contributed by atoms with Gasteiger partial charge in [-0.3, -0.25) is 4.79 Å². The van der Waals surface area contributed by atoms with Gasteiger partial charge in [0.2, 0.25) is 0 Å². The Morgan fingerprint density at radius 1 is 1.06 bits per heavy atom. The van der Waals surface area contributed by atoms with E-state index in [1.54, 1.807) is 39.8 Å². The second-order valence-electron chi connectivity index (χ2n) is 9.43. The average molecular weight is 508 g/mol. The van der Waals surface area contributed by atoms with Crippen molar-refractivity contribution in [2.75, 3.05) is 6.61 Å². The number of carboxylic acids is 1. The van der Waals surface area contributed by atoms with E-state index in [1.807, 2.05) is 25.1 Å². The Morgan fingerprint density at radius 2 is 1.64 bits per heavy atom. The number of carbonyl (C=O) groups is 2. The normalized spacial score (nSPS) is 12.2. The number of hydrogen-bond donors (Lipinski definition) is 3. The predicted molar refractivity (Wildman–Crippen MR) is 139 cm³/mol. The van der Waals surface area contributed by atoms with E-state index in [0.717, 1.165) is 18.4 Å². The summed E-state index contributed by atoms with van der Waals surface area (Å²) in [6.07, 6.45) is 1.80. The van der Waals surface area contributed by atoms with Crippen molar-refractivity contribution < 1.29 is 33.7 Å². The van der Waals surface area contributed by atoms with E-state index in [1.165, 1.54) is 17.7 Å². The highest BCUT2D eigenvalue weighted by Gasteiger charge is 2.13. The molecule has 0 aliphatic carbocycles. The maximum Gasteiger partial charge on any atom is 0.405 e. The van der Waals surface area contributed by atoms with Gasteiger partial charge in [-0.25, -0.2) is 9.18 Å².